The molecule has 0 aromatic heterocycles. The summed E-state index contributed by atoms with van der Waals surface area (Å²) in [5.74, 6) is 0.00315. The Morgan fingerprint density at radius 2 is 1.52 bits per heavy atom. The van der Waals surface area contributed by atoms with Crippen LogP contribution in [0.4, 0.5) is 0 Å². The van der Waals surface area contributed by atoms with Gasteiger partial charge in [0, 0.05) is 11.8 Å². The van der Waals surface area contributed by atoms with Crippen LogP contribution in [0.25, 0.3) is 0 Å². The Balaban J connectivity index is 1.81. The van der Waals surface area contributed by atoms with Crippen LogP contribution in [0.3, 0.4) is 0 Å². The molecule has 0 saturated carbocycles. The van der Waals surface area contributed by atoms with E-state index in [0.717, 1.165) is 24.7 Å². The highest BCUT2D eigenvalue weighted by Crippen LogP contribution is 2.19. The summed E-state index contributed by atoms with van der Waals surface area (Å²) in [7, 11) is 0. The summed E-state index contributed by atoms with van der Waals surface area (Å²) < 4.78 is 5.78. The van der Waals surface area contributed by atoms with Crippen molar-refractivity contribution < 1.29 is 9.53 Å². The van der Waals surface area contributed by atoms with Crippen molar-refractivity contribution in [1.82, 2.24) is 0 Å². The highest BCUT2D eigenvalue weighted by Gasteiger charge is 2.18. The zero-order chi connectivity index (χ0) is 16.3. The Kier molecular flexibility index (Phi) is 7.28. The van der Waals surface area contributed by atoms with Gasteiger partial charge in [0.05, 0.1) is 13.2 Å². The highest BCUT2D eigenvalue weighted by atomic mass is 16.5. The first-order valence-corrected chi connectivity index (χ1v) is 8.07. The molecule has 2 atom stereocenters. The molecule has 0 aliphatic carbocycles. The lowest BCUT2D eigenvalue weighted by atomic mass is 9.89. The molecule has 120 valence electrons. The molecule has 0 heterocycles. The summed E-state index contributed by atoms with van der Waals surface area (Å²) in [6.07, 6.45) is 4.60. The highest BCUT2D eigenvalue weighted by molar-refractivity contribution is 5.54. The van der Waals surface area contributed by atoms with Gasteiger partial charge in [0.2, 0.25) is 0 Å². The number of rotatable bonds is 10. The predicted octanol–water partition coefficient (Wildman–Crippen LogP) is 4.45. The molecule has 2 unspecified atom stereocenters. The van der Waals surface area contributed by atoms with Crippen molar-refractivity contribution in [1.29, 1.82) is 0 Å². The van der Waals surface area contributed by atoms with Gasteiger partial charge in [-0.3, -0.25) is 0 Å². The monoisotopic (exact) mass is 308 g/mol. The molecule has 2 aromatic rings. The summed E-state index contributed by atoms with van der Waals surface area (Å²) in [6, 6.07) is 20.3. The first kappa shape index (κ1) is 17.2. The number of carbonyl (C=O) groups excluding carboxylic acids is 1. The van der Waals surface area contributed by atoms with Crippen LogP contribution in [0.1, 0.15) is 17.5 Å². The summed E-state index contributed by atoms with van der Waals surface area (Å²) in [6.45, 7) is 4.96. The van der Waals surface area contributed by atoms with Crippen molar-refractivity contribution in [3.63, 3.8) is 0 Å². The van der Waals surface area contributed by atoms with Gasteiger partial charge in [0.1, 0.15) is 6.29 Å². The van der Waals surface area contributed by atoms with Gasteiger partial charge in [-0.25, -0.2) is 0 Å². The third-order valence-electron chi connectivity index (χ3n) is 4.06. The summed E-state index contributed by atoms with van der Waals surface area (Å²) in [4.78, 5) is 11.5. The maximum Gasteiger partial charge on any atom is 0.123 e. The molecule has 0 amide bonds. The second kappa shape index (κ2) is 9.75. The molecule has 0 aliphatic rings. The molecule has 0 radical (unpaired) electrons. The first-order chi connectivity index (χ1) is 11.3. The second-order valence-corrected chi connectivity index (χ2v) is 5.72. The smallest absolute Gasteiger partial charge is 0.123 e. The molecule has 2 aromatic carbocycles. The van der Waals surface area contributed by atoms with E-state index < -0.39 is 0 Å². The van der Waals surface area contributed by atoms with Gasteiger partial charge in [-0.15, -0.1) is 6.58 Å². The largest absolute Gasteiger partial charge is 0.376 e. The maximum absolute atomic E-state index is 11.5. The van der Waals surface area contributed by atoms with E-state index in [1.165, 1.54) is 5.56 Å². The SMILES string of the molecule is C=CC(COCc1ccccc1)C(C=O)CCc1ccccc1. The Morgan fingerprint density at radius 3 is 2.09 bits per heavy atom. The van der Waals surface area contributed by atoms with Gasteiger partial charge >= 0.3 is 0 Å². The van der Waals surface area contributed by atoms with Crippen molar-refractivity contribution in [2.24, 2.45) is 11.8 Å². The van der Waals surface area contributed by atoms with Crippen LogP contribution >= 0.6 is 0 Å². The van der Waals surface area contributed by atoms with Gasteiger partial charge in [-0.1, -0.05) is 66.7 Å². The van der Waals surface area contributed by atoms with Gasteiger partial charge in [-0.05, 0) is 24.0 Å². The number of hydrogen-bond acceptors (Lipinski definition) is 2. The number of aryl methyl sites for hydroxylation is 1. The lowest BCUT2D eigenvalue weighted by Gasteiger charge is -2.19. The summed E-state index contributed by atoms with van der Waals surface area (Å²) in [5.41, 5.74) is 2.40. The molecular weight excluding hydrogens is 284 g/mol. The van der Waals surface area contributed by atoms with Crippen molar-refractivity contribution in [2.45, 2.75) is 19.4 Å². The van der Waals surface area contributed by atoms with E-state index in [0.29, 0.717) is 13.2 Å². The molecule has 2 nitrogen and oxygen atoms in total. The van der Waals surface area contributed by atoms with Crippen LogP contribution in [0.2, 0.25) is 0 Å². The first-order valence-electron chi connectivity index (χ1n) is 8.07. The Bertz CT molecular complexity index is 577. The average molecular weight is 308 g/mol. The van der Waals surface area contributed by atoms with Crippen LogP contribution in [0.5, 0.6) is 0 Å². The van der Waals surface area contributed by atoms with E-state index in [1.807, 2.05) is 54.6 Å². The number of hydrogen-bond donors (Lipinski definition) is 0. The van der Waals surface area contributed by atoms with Crippen LogP contribution < -0.4 is 0 Å². The molecule has 23 heavy (non-hydrogen) atoms. The lowest BCUT2D eigenvalue weighted by molar-refractivity contribution is -0.113. The topological polar surface area (TPSA) is 26.3 Å². The molecule has 0 fully saturated rings. The standard InChI is InChI=1S/C21H24O2/c1-2-20(17-23-16-19-11-7-4-8-12-19)21(15-22)14-13-18-9-5-3-6-10-18/h2-12,15,20-21H,1,13-14,16-17H2. The zero-order valence-electron chi connectivity index (χ0n) is 13.4. The van der Waals surface area contributed by atoms with Crippen LogP contribution in [-0.2, 0) is 22.6 Å². The zero-order valence-corrected chi connectivity index (χ0v) is 13.4. The Morgan fingerprint density at radius 1 is 0.913 bits per heavy atom. The van der Waals surface area contributed by atoms with Crippen molar-refractivity contribution >= 4 is 6.29 Å². The van der Waals surface area contributed by atoms with Gasteiger partial charge < -0.3 is 9.53 Å². The molecule has 0 bridgehead atoms. The van der Waals surface area contributed by atoms with E-state index in [2.05, 4.69) is 18.7 Å². The van der Waals surface area contributed by atoms with E-state index in [1.54, 1.807) is 0 Å². The van der Waals surface area contributed by atoms with Crippen molar-refractivity contribution in [3.8, 4) is 0 Å². The quantitative estimate of drug-likeness (QED) is 0.479. The molecule has 2 heteroatoms. The fraction of sp³-hybridized carbons (Fsp3) is 0.286. The molecule has 2 rings (SSSR count). The number of benzene rings is 2. The third kappa shape index (κ3) is 5.84. The molecular formula is C21H24O2. The van der Waals surface area contributed by atoms with Crippen LogP contribution in [-0.4, -0.2) is 12.9 Å². The third-order valence-corrected chi connectivity index (χ3v) is 4.06. The van der Waals surface area contributed by atoms with Crippen molar-refractivity contribution in [3.05, 3.63) is 84.4 Å². The number of carbonyl (C=O) groups is 1. The van der Waals surface area contributed by atoms with E-state index >= 15 is 0 Å². The molecule has 0 N–H and O–H groups in total. The Labute approximate surface area is 138 Å². The molecule has 0 saturated heterocycles. The van der Waals surface area contributed by atoms with Gasteiger partial charge in [0.15, 0.2) is 0 Å². The Hall–Kier alpha value is -2.19. The summed E-state index contributed by atoms with van der Waals surface area (Å²) >= 11 is 0. The van der Waals surface area contributed by atoms with Crippen molar-refractivity contribution in [2.75, 3.05) is 6.61 Å². The van der Waals surface area contributed by atoms with Crippen LogP contribution in [0.15, 0.2) is 73.3 Å². The second-order valence-electron chi connectivity index (χ2n) is 5.72. The average Bonchev–Trinajstić information content (AvgIpc) is 2.62. The minimum absolute atomic E-state index is 0.0523. The van der Waals surface area contributed by atoms with E-state index in [-0.39, 0.29) is 11.8 Å². The number of ether oxygens (including phenoxy) is 1. The predicted molar refractivity (Wildman–Crippen MR) is 94.1 cm³/mol. The maximum atomic E-state index is 11.5. The number of aldehydes is 1. The minimum Gasteiger partial charge on any atom is -0.376 e. The van der Waals surface area contributed by atoms with E-state index in [4.69, 9.17) is 4.74 Å². The van der Waals surface area contributed by atoms with Gasteiger partial charge in [0.25, 0.3) is 0 Å². The van der Waals surface area contributed by atoms with Crippen LogP contribution in [0, 0.1) is 11.8 Å². The van der Waals surface area contributed by atoms with Gasteiger partial charge in [-0.2, -0.15) is 0 Å². The fourth-order valence-electron chi connectivity index (χ4n) is 2.61. The molecule has 0 spiro atoms. The lowest BCUT2D eigenvalue weighted by Crippen LogP contribution is -2.20. The normalized spacial score (nSPS) is 13.2. The summed E-state index contributed by atoms with van der Waals surface area (Å²) in [5, 5.41) is 0. The van der Waals surface area contributed by atoms with E-state index in [9.17, 15) is 4.79 Å². The molecule has 0 aliphatic heterocycles. The minimum atomic E-state index is -0.0523. The fourth-order valence-corrected chi connectivity index (χ4v) is 2.61.